The Morgan fingerprint density at radius 1 is 1.10 bits per heavy atom. The molecule has 0 aliphatic carbocycles. The molecule has 3 nitrogen and oxygen atoms in total. The van der Waals surface area contributed by atoms with Crippen molar-refractivity contribution in [3.63, 3.8) is 0 Å². The van der Waals surface area contributed by atoms with E-state index in [4.69, 9.17) is 5.73 Å². The Labute approximate surface area is 119 Å². The number of nitrogens with two attached hydrogens (primary N) is 1. The number of anilines is 1. The lowest BCUT2D eigenvalue weighted by molar-refractivity contribution is 0.103. The quantitative estimate of drug-likeness (QED) is 0.648. The van der Waals surface area contributed by atoms with E-state index in [2.05, 4.69) is 20.8 Å². The molecule has 0 unspecified atom stereocenters. The number of hydrogen-bond donors (Lipinski definition) is 2. The van der Waals surface area contributed by atoms with E-state index in [-0.39, 0.29) is 16.9 Å². The predicted octanol–water partition coefficient (Wildman–Crippen LogP) is 3.50. The van der Waals surface area contributed by atoms with Gasteiger partial charge in [0, 0.05) is 11.3 Å². The van der Waals surface area contributed by atoms with Crippen LogP contribution in [0.25, 0.3) is 0 Å². The first-order valence-electron chi connectivity index (χ1n) is 6.53. The van der Waals surface area contributed by atoms with Crippen LogP contribution >= 0.6 is 0 Å². The fourth-order valence-electron chi connectivity index (χ4n) is 2.02. The van der Waals surface area contributed by atoms with Crippen LogP contribution in [0, 0.1) is 0 Å². The van der Waals surface area contributed by atoms with E-state index < -0.39 is 0 Å². The summed E-state index contributed by atoms with van der Waals surface area (Å²) in [7, 11) is 0. The summed E-state index contributed by atoms with van der Waals surface area (Å²) in [6.07, 6.45) is 0. The third-order valence-electron chi connectivity index (χ3n) is 3.26. The number of hydrogen-bond acceptors (Lipinski definition) is 3. The topological polar surface area (TPSA) is 63.3 Å². The van der Waals surface area contributed by atoms with Crippen molar-refractivity contribution in [2.75, 3.05) is 5.73 Å². The van der Waals surface area contributed by atoms with Gasteiger partial charge in [-0.2, -0.15) is 0 Å². The van der Waals surface area contributed by atoms with Gasteiger partial charge in [-0.1, -0.05) is 39.0 Å². The maximum atomic E-state index is 12.5. The standard InChI is InChI=1S/C17H19NO2/c1-17(2,3)12-7-8-15(19)14(10-12)16(20)11-5-4-6-13(18)9-11/h4-10,19H,18H2,1-3H3. The molecule has 0 heterocycles. The third-order valence-corrected chi connectivity index (χ3v) is 3.26. The second kappa shape index (κ2) is 5.00. The van der Waals surface area contributed by atoms with Crippen molar-refractivity contribution in [3.05, 3.63) is 59.2 Å². The summed E-state index contributed by atoms with van der Waals surface area (Å²) in [4.78, 5) is 12.5. The van der Waals surface area contributed by atoms with Crippen molar-refractivity contribution in [2.45, 2.75) is 26.2 Å². The van der Waals surface area contributed by atoms with Gasteiger partial charge in [-0.25, -0.2) is 0 Å². The van der Waals surface area contributed by atoms with Gasteiger partial charge in [0.05, 0.1) is 5.56 Å². The van der Waals surface area contributed by atoms with E-state index in [1.54, 1.807) is 36.4 Å². The largest absolute Gasteiger partial charge is 0.507 e. The van der Waals surface area contributed by atoms with Crippen LogP contribution in [0.15, 0.2) is 42.5 Å². The lowest BCUT2D eigenvalue weighted by Gasteiger charge is -2.20. The van der Waals surface area contributed by atoms with Gasteiger partial charge in [0.25, 0.3) is 0 Å². The highest BCUT2D eigenvalue weighted by atomic mass is 16.3. The third kappa shape index (κ3) is 2.82. The van der Waals surface area contributed by atoms with E-state index in [9.17, 15) is 9.90 Å². The molecule has 20 heavy (non-hydrogen) atoms. The van der Waals surface area contributed by atoms with Crippen LogP contribution in [-0.2, 0) is 5.41 Å². The van der Waals surface area contributed by atoms with Crippen molar-refractivity contribution in [3.8, 4) is 5.75 Å². The normalized spacial score (nSPS) is 11.3. The van der Waals surface area contributed by atoms with E-state index in [1.807, 2.05) is 6.07 Å². The summed E-state index contributed by atoms with van der Waals surface area (Å²) < 4.78 is 0. The second-order valence-corrected chi connectivity index (χ2v) is 5.94. The Morgan fingerprint density at radius 3 is 2.40 bits per heavy atom. The molecule has 0 saturated carbocycles. The SMILES string of the molecule is CC(C)(C)c1ccc(O)c(C(=O)c2cccc(N)c2)c1. The van der Waals surface area contributed by atoms with E-state index in [0.29, 0.717) is 16.8 Å². The molecule has 0 fully saturated rings. The first kappa shape index (κ1) is 14.1. The Kier molecular flexibility index (Phi) is 3.53. The van der Waals surface area contributed by atoms with Gasteiger partial charge >= 0.3 is 0 Å². The van der Waals surface area contributed by atoms with Crippen molar-refractivity contribution >= 4 is 11.5 Å². The molecule has 0 aliphatic rings. The van der Waals surface area contributed by atoms with Crippen molar-refractivity contribution in [1.29, 1.82) is 0 Å². The Morgan fingerprint density at radius 2 is 1.80 bits per heavy atom. The van der Waals surface area contributed by atoms with E-state index >= 15 is 0 Å². The molecule has 2 aromatic carbocycles. The minimum absolute atomic E-state index is 0.00887. The lowest BCUT2D eigenvalue weighted by Crippen LogP contribution is -2.12. The fourth-order valence-corrected chi connectivity index (χ4v) is 2.02. The molecule has 0 radical (unpaired) electrons. The van der Waals surface area contributed by atoms with Crippen LogP contribution in [0.2, 0.25) is 0 Å². The average Bonchev–Trinajstić information content (AvgIpc) is 2.37. The van der Waals surface area contributed by atoms with Crippen LogP contribution in [0.3, 0.4) is 0 Å². The van der Waals surface area contributed by atoms with Crippen molar-refractivity contribution < 1.29 is 9.90 Å². The van der Waals surface area contributed by atoms with Crippen LogP contribution < -0.4 is 5.73 Å². The van der Waals surface area contributed by atoms with Crippen LogP contribution in [-0.4, -0.2) is 10.9 Å². The average molecular weight is 269 g/mol. The summed E-state index contributed by atoms with van der Waals surface area (Å²) in [6, 6.07) is 11.9. The number of phenolic OH excluding ortho intramolecular Hbond substituents is 1. The van der Waals surface area contributed by atoms with Gasteiger partial charge in [-0.15, -0.1) is 0 Å². The fraction of sp³-hybridized carbons (Fsp3) is 0.235. The number of ketones is 1. The van der Waals surface area contributed by atoms with Gasteiger partial charge in [-0.3, -0.25) is 4.79 Å². The smallest absolute Gasteiger partial charge is 0.196 e. The number of phenols is 1. The first-order valence-corrected chi connectivity index (χ1v) is 6.53. The van der Waals surface area contributed by atoms with E-state index in [1.165, 1.54) is 0 Å². The summed E-state index contributed by atoms with van der Waals surface area (Å²) in [5, 5.41) is 9.95. The highest BCUT2D eigenvalue weighted by Crippen LogP contribution is 2.29. The van der Waals surface area contributed by atoms with Crippen LogP contribution in [0.1, 0.15) is 42.3 Å². The van der Waals surface area contributed by atoms with Crippen molar-refractivity contribution in [2.24, 2.45) is 0 Å². The molecule has 3 heteroatoms. The molecule has 0 aromatic heterocycles. The highest BCUT2D eigenvalue weighted by molar-refractivity contribution is 6.11. The molecule has 0 amide bonds. The monoisotopic (exact) mass is 269 g/mol. The molecule has 2 aromatic rings. The first-order chi connectivity index (χ1) is 9.29. The minimum Gasteiger partial charge on any atom is -0.507 e. The highest BCUT2D eigenvalue weighted by Gasteiger charge is 2.19. The maximum absolute atomic E-state index is 12.5. The van der Waals surface area contributed by atoms with Gasteiger partial charge in [0.2, 0.25) is 0 Å². The van der Waals surface area contributed by atoms with E-state index in [0.717, 1.165) is 5.56 Å². The van der Waals surface area contributed by atoms with Crippen LogP contribution in [0.4, 0.5) is 5.69 Å². The summed E-state index contributed by atoms with van der Waals surface area (Å²) in [5.74, 6) is -0.230. The number of carbonyl (C=O) groups excluding carboxylic acids is 1. The zero-order valence-corrected chi connectivity index (χ0v) is 12.0. The molecule has 2 rings (SSSR count). The molecular formula is C17H19NO2. The summed E-state index contributed by atoms with van der Waals surface area (Å²) in [5.41, 5.74) is 7.93. The number of nitrogen functional groups attached to an aromatic ring is 1. The summed E-state index contributed by atoms with van der Waals surface area (Å²) in [6.45, 7) is 6.19. The molecule has 0 aliphatic heterocycles. The summed E-state index contributed by atoms with van der Waals surface area (Å²) >= 11 is 0. The zero-order chi connectivity index (χ0) is 14.9. The molecule has 0 saturated heterocycles. The molecule has 0 spiro atoms. The molecule has 0 bridgehead atoms. The van der Waals surface area contributed by atoms with Crippen molar-refractivity contribution in [1.82, 2.24) is 0 Å². The number of rotatable bonds is 2. The minimum atomic E-state index is -0.221. The van der Waals surface area contributed by atoms with Gasteiger partial charge in [0.15, 0.2) is 5.78 Å². The molecule has 3 N–H and O–H groups in total. The molecule has 104 valence electrons. The number of benzene rings is 2. The Bertz CT molecular complexity index is 654. The second-order valence-electron chi connectivity index (χ2n) is 5.94. The number of carbonyl (C=O) groups is 1. The zero-order valence-electron chi connectivity index (χ0n) is 12.0. The Balaban J connectivity index is 2.49. The Hall–Kier alpha value is -2.29. The van der Waals surface area contributed by atoms with Crippen LogP contribution in [0.5, 0.6) is 5.75 Å². The van der Waals surface area contributed by atoms with Gasteiger partial charge < -0.3 is 10.8 Å². The number of aromatic hydroxyl groups is 1. The maximum Gasteiger partial charge on any atom is 0.196 e. The molecule has 0 atom stereocenters. The molecular weight excluding hydrogens is 250 g/mol. The van der Waals surface area contributed by atoms with Gasteiger partial charge in [0.1, 0.15) is 5.75 Å². The predicted molar refractivity (Wildman–Crippen MR) is 81.1 cm³/mol. The van der Waals surface area contributed by atoms with Gasteiger partial charge in [-0.05, 0) is 35.2 Å². The lowest BCUT2D eigenvalue weighted by atomic mass is 9.85.